The normalized spacial score (nSPS) is 23.7. The van der Waals surface area contributed by atoms with Gasteiger partial charge >= 0.3 is 0 Å². The molecule has 0 radical (unpaired) electrons. The maximum atomic E-state index is 5.93. The Morgan fingerprint density at radius 1 is 1.07 bits per heavy atom. The van der Waals surface area contributed by atoms with Gasteiger partial charge in [0.05, 0.1) is 36.1 Å². The van der Waals surface area contributed by atoms with Crippen molar-refractivity contribution in [3.63, 3.8) is 0 Å². The summed E-state index contributed by atoms with van der Waals surface area (Å²) in [6, 6.07) is 16.4. The number of pyridine rings is 2. The van der Waals surface area contributed by atoms with Crippen molar-refractivity contribution in [3.8, 4) is 0 Å². The summed E-state index contributed by atoms with van der Waals surface area (Å²) >= 11 is 5.79. The van der Waals surface area contributed by atoms with Crippen LogP contribution in [0.4, 0.5) is 0 Å². The highest BCUT2D eigenvalue weighted by Gasteiger charge is 2.42. The third kappa shape index (κ3) is 3.82. The molecule has 3 aromatic heterocycles. The van der Waals surface area contributed by atoms with Crippen LogP contribution in [0.15, 0.2) is 67.1 Å². The third-order valence-electron chi connectivity index (χ3n) is 5.85. The van der Waals surface area contributed by atoms with Crippen molar-refractivity contribution < 1.29 is 4.74 Å². The Balaban J connectivity index is 1.51. The first kappa shape index (κ1) is 19.2. The molecule has 0 aliphatic carbocycles. The summed E-state index contributed by atoms with van der Waals surface area (Å²) in [6.45, 7) is 2.34. The second-order valence-electron chi connectivity index (χ2n) is 7.80. The molecule has 2 fully saturated rings. The minimum atomic E-state index is -0.0162. The predicted octanol–water partition coefficient (Wildman–Crippen LogP) is 3.48. The average molecular weight is 420 g/mol. The Bertz CT molecular complexity index is 987. The van der Waals surface area contributed by atoms with E-state index < -0.39 is 0 Å². The zero-order chi connectivity index (χ0) is 20.3. The molecule has 5 rings (SSSR count). The number of nitrogens with one attached hydrogen (secondary N) is 1. The van der Waals surface area contributed by atoms with E-state index in [2.05, 4.69) is 55.2 Å². The predicted molar refractivity (Wildman–Crippen MR) is 119 cm³/mol. The van der Waals surface area contributed by atoms with Crippen LogP contribution >= 0.6 is 12.2 Å². The summed E-state index contributed by atoms with van der Waals surface area (Å²) in [5.41, 5.74) is 3.22. The number of thiocarbonyl (C=S) groups is 1. The van der Waals surface area contributed by atoms with Gasteiger partial charge in [-0.25, -0.2) is 0 Å². The molecular formula is C23H25N5OS. The van der Waals surface area contributed by atoms with Crippen molar-refractivity contribution in [1.29, 1.82) is 0 Å². The maximum absolute atomic E-state index is 5.93. The van der Waals surface area contributed by atoms with Gasteiger partial charge in [0.2, 0.25) is 0 Å². The van der Waals surface area contributed by atoms with Crippen LogP contribution in [0.2, 0.25) is 0 Å². The largest absolute Gasteiger partial charge is 0.376 e. The van der Waals surface area contributed by atoms with Crippen molar-refractivity contribution in [2.24, 2.45) is 0 Å². The monoisotopic (exact) mass is 419 g/mol. The fourth-order valence-electron chi connectivity index (χ4n) is 4.44. The summed E-state index contributed by atoms with van der Waals surface area (Å²) < 4.78 is 8.20. The SMILES string of the molecule is S=C1N[C@@H](c2ccccn2)[C@H](c2cccn2Cc2ccccn2)N1C[C@@H]1CCCO1. The molecule has 0 saturated carbocycles. The maximum Gasteiger partial charge on any atom is 0.170 e. The van der Waals surface area contributed by atoms with Crippen molar-refractivity contribution in [2.45, 2.75) is 37.6 Å². The highest BCUT2D eigenvalue weighted by Crippen LogP contribution is 2.39. The number of hydrogen-bond donors (Lipinski definition) is 1. The van der Waals surface area contributed by atoms with Crippen molar-refractivity contribution in [2.75, 3.05) is 13.2 Å². The van der Waals surface area contributed by atoms with Gasteiger partial charge in [-0.15, -0.1) is 0 Å². The van der Waals surface area contributed by atoms with Crippen LogP contribution in [0.25, 0.3) is 0 Å². The van der Waals surface area contributed by atoms with E-state index in [1.807, 2.05) is 36.7 Å². The van der Waals surface area contributed by atoms with Gasteiger partial charge in [0.15, 0.2) is 5.11 Å². The van der Waals surface area contributed by atoms with Crippen LogP contribution in [0, 0.1) is 0 Å². The summed E-state index contributed by atoms with van der Waals surface area (Å²) in [6.07, 6.45) is 8.20. The Kier molecular flexibility index (Phi) is 5.46. The number of nitrogens with zero attached hydrogens (tertiary/aromatic N) is 4. The highest BCUT2D eigenvalue weighted by atomic mass is 32.1. The lowest BCUT2D eigenvalue weighted by Gasteiger charge is -2.30. The van der Waals surface area contributed by atoms with Crippen LogP contribution in [0.1, 0.15) is 42.0 Å². The second-order valence-corrected chi connectivity index (χ2v) is 8.18. The van der Waals surface area contributed by atoms with Gasteiger partial charge in [-0.2, -0.15) is 0 Å². The van der Waals surface area contributed by atoms with E-state index in [1.165, 1.54) is 5.69 Å². The molecule has 2 saturated heterocycles. The fourth-order valence-corrected chi connectivity index (χ4v) is 4.75. The summed E-state index contributed by atoms with van der Waals surface area (Å²) in [5.74, 6) is 0. The second kappa shape index (κ2) is 8.53. The molecular weight excluding hydrogens is 394 g/mol. The standard InChI is InChI=1S/C23H25N5OS/c30-23-26-21(19-9-2-4-12-25-19)22(28(23)16-18-8-6-14-29-18)20-10-5-13-27(20)15-17-7-1-3-11-24-17/h1-5,7,9-13,18,21-22H,6,8,14-16H2,(H,26,30)/t18-,21-,22-/m0/s1. The first-order valence-electron chi connectivity index (χ1n) is 10.4. The molecule has 7 heteroatoms. The molecule has 154 valence electrons. The molecule has 2 aliphatic heterocycles. The lowest BCUT2D eigenvalue weighted by atomic mass is 10.0. The zero-order valence-electron chi connectivity index (χ0n) is 16.7. The van der Waals surface area contributed by atoms with Gasteiger partial charge in [-0.3, -0.25) is 9.97 Å². The number of hydrogen-bond acceptors (Lipinski definition) is 4. The molecule has 0 unspecified atom stereocenters. The number of rotatable bonds is 6. The zero-order valence-corrected chi connectivity index (χ0v) is 17.5. The number of aromatic nitrogens is 3. The quantitative estimate of drug-likeness (QED) is 0.618. The van der Waals surface area contributed by atoms with Gasteiger partial charge in [0.1, 0.15) is 0 Å². The summed E-state index contributed by atoms with van der Waals surface area (Å²) in [4.78, 5) is 11.4. The summed E-state index contributed by atoms with van der Waals surface area (Å²) in [5, 5.41) is 4.29. The Hall–Kier alpha value is -2.77. The molecule has 0 bridgehead atoms. The first-order valence-corrected chi connectivity index (χ1v) is 10.8. The molecule has 30 heavy (non-hydrogen) atoms. The molecule has 0 amide bonds. The van der Waals surface area contributed by atoms with E-state index in [9.17, 15) is 0 Å². The molecule has 6 nitrogen and oxygen atoms in total. The van der Waals surface area contributed by atoms with Gasteiger partial charge in [0.25, 0.3) is 0 Å². The minimum Gasteiger partial charge on any atom is -0.376 e. The average Bonchev–Trinajstić information content (AvgIpc) is 3.52. The Morgan fingerprint density at radius 2 is 1.93 bits per heavy atom. The molecule has 5 heterocycles. The number of ether oxygens (including phenoxy) is 1. The highest BCUT2D eigenvalue weighted by molar-refractivity contribution is 7.80. The summed E-state index contributed by atoms with van der Waals surface area (Å²) in [7, 11) is 0. The molecule has 2 aliphatic rings. The van der Waals surface area contributed by atoms with Crippen molar-refractivity contribution in [1.82, 2.24) is 24.8 Å². The van der Waals surface area contributed by atoms with Crippen LogP contribution < -0.4 is 5.32 Å². The smallest absolute Gasteiger partial charge is 0.170 e. The molecule has 1 N–H and O–H groups in total. The van der Waals surface area contributed by atoms with Gasteiger partial charge in [-0.1, -0.05) is 12.1 Å². The van der Waals surface area contributed by atoms with Crippen LogP contribution in [-0.4, -0.2) is 43.8 Å². The van der Waals surface area contributed by atoms with E-state index in [-0.39, 0.29) is 18.2 Å². The van der Waals surface area contributed by atoms with Crippen molar-refractivity contribution in [3.05, 3.63) is 84.2 Å². The van der Waals surface area contributed by atoms with Crippen LogP contribution in [-0.2, 0) is 11.3 Å². The van der Waals surface area contributed by atoms with E-state index in [0.29, 0.717) is 0 Å². The fraction of sp³-hybridized carbons (Fsp3) is 0.348. The third-order valence-corrected chi connectivity index (χ3v) is 6.20. The van der Waals surface area contributed by atoms with E-state index in [0.717, 1.165) is 49.0 Å². The lowest BCUT2D eigenvalue weighted by molar-refractivity contribution is 0.0834. The van der Waals surface area contributed by atoms with Gasteiger partial charge in [0, 0.05) is 37.4 Å². The Morgan fingerprint density at radius 3 is 2.67 bits per heavy atom. The van der Waals surface area contributed by atoms with E-state index in [4.69, 9.17) is 17.0 Å². The topological polar surface area (TPSA) is 55.2 Å². The molecule has 3 aromatic rings. The van der Waals surface area contributed by atoms with Gasteiger partial charge < -0.3 is 19.5 Å². The Labute approximate surface area is 181 Å². The van der Waals surface area contributed by atoms with Crippen LogP contribution in [0.3, 0.4) is 0 Å². The van der Waals surface area contributed by atoms with E-state index >= 15 is 0 Å². The van der Waals surface area contributed by atoms with Gasteiger partial charge in [-0.05, 0) is 61.5 Å². The lowest BCUT2D eigenvalue weighted by Crippen LogP contribution is -2.36. The van der Waals surface area contributed by atoms with Crippen LogP contribution in [0.5, 0.6) is 0 Å². The molecule has 3 atom stereocenters. The van der Waals surface area contributed by atoms with E-state index in [1.54, 1.807) is 0 Å². The minimum absolute atomic E-state index is 0.0162. The molecule has 0 spiro atoms. The van der Waals surface area contributed by atoms with Crippen molar-refractivity contribution >= 4 is 17.3 Å². The first-order chi connectivity index (χ1) is 14.8. The molecule has 0 aromatic carbocycles.